The lowest BCUT2D eigenvalue weighted by molar-refractivity contribution is -0.143. The van der Waals surface area contributed by atoms with Crippen LogP contribution in [-0.2, 0) is 16.0 Å². The molecule has 4 rings (SSSR count). The minimum atomic E-state index is -0.289. The van der Waals surface area contributed by atoms with E-state index in [1.807, 2.05) is 49.4 Å². The molecule has 1 aromatic heterocycles. The van der Waals surface area contributed by atoms with Crippen molar-refractivity contribution >= 4 is 23.4 Å². The molecule has 1 aliphatic heterocycles. The molecule has 178 valence electrons. The van der Waals surface area contributed by atoms with Crippen molar-refractivity contribution in [3.63, 3.8) is 0 Å². The van der Waals surface area contributed by atoms with Crippen molar-refractivity contribution in [2.45, 2.75) is 45.1 Å². The molecule has 7 nitrogen and oxygen atoms in total. The average Bonchev–Trinajstić information content (AvgIpc) is 3.35. The highest BCUT2D eigenvalue weighted by molar-refractivity contribution is 6.30. The number of carbonyl (C=O) groups excluding carboxylic acids is 2. The molecule has 2 heterocycles. The van der Waals surface area contributed by atoms with Gasteiger partial charge in [0, 0.05) is 23.7 Å². The van der Waals surface area contributed by atoms with Crippen LogP contribution < -0.4 is 0 Å². The van der Waals surface area contributed by atoms with Gasteiger partial charge in [-0.2, -0.15) is 4.98 Å². The molecule has 0 spiro atoms. The fraction of sp³-hybridized carbons (Fsp3) is 0.385. The Labute approximate surface area is 204 Å². The van der Waals surface area contributed by atoms with Crippen molar-refractivity contribution in [3.8, 4) is 11.4 Å². The van der Waals surface area contributed by atoms with Gasteiger partial charge in [-0.05, 0) is 55.5 Å². The first kappa shape index (κ1) is 24.0. The van der Waals surface area contributed by atoms with Gasteiger partial charge in [0.2, 0.25) is 23.5 Å². The molecule has 34 heavy (non-hydrogen) atoms. The summed E-state index contributed by atoms with van der Waals surface area (Å²) in [6.45, 7) is 3.20. The van der Waals surface area contributed by atoms with E-state index < -0.39 is 0 Å². The Kier molecular flexibility index (Phi) is 7.95. The number of amides is 2. The van der Waals surface area contributed by atoms with Crippen LogP contribution in [0.1, 0.15) is 50.1 Å². The summed E-state index contributed by atoms with van der Waals surface area (Å²) >= 11 is 5.98. The highest BCUT2D eigenvalue weighted by Crippen LogP contribution is 2.31. The highest BCUT2D eigenvalue weighted by Gasteiger charge is 2.33. The van der Waals surface area contributed by atoms with Crippen LogP contribution in [-0.4, -0.2) is 51.4 Å². The lowest BCUT2D eigenvalue weighted by atomic mass is 10.0. The van der Waals surface area contributed by atoms with Crippen LogP contribution in [0.5, 0.6) is 0 Å². The van der Waals surface area contributed by atoms with Gasteiger partial charge in [0.25, 0.3) is 0 Å². The number of rotatable bonds is 8. The zero-order valence-corrected chi connectivity index (χ0v) is 20.1. The van der Waals surface area contributed by atoms with E-state index in [-0.39, 0.29) is 30.8 Å². The zero-order valence-electron chi connectivity index (χ0n) is 19.3. The largest absolute Gasteiger partial charge is 0.337 e. The van der Waals surface area contributed by atoms with E-state index in [1.165, 1.54) is 0 Å². The van der Waals surface area contributed by atoms with E-state index in [2.05, 4.69) is 10.1 Å². The summed E-state index contributed by atoms with van der Waals surface area (Å²) in [5.74, 6) is 0.759. The van der Waals surface area contributed by atoms with E-state index in [1.54, 1.807) is 21.9 Å². The topological polar surface area (TPSA) is 79.5 Å². The minimum Gasteiger partial charge on any atom is -0.337 e. The van der Waals surface area contributed by atoms with E-state index in [0.29, 0.717) is 29.8 Å². The van der Waals surface area contributed by atoms with Gasteiger partial charge in [-0.1, -0.05) is 54.0 Å². The van der Waals surface area contributed by atoms with E-state index >= 15 is 0 Å². The van der Waals surface area contributed by atoms with Gasteiger partial charge < -0.3 is 14.3 Å². The van der Waals surface area contributed by atoms with Crippen LogP contribution in [0.3, 0.4) is 0 Å². The molecule has 1 fully saturated rings. The molecule has 2 aromatic carbocycles. The molecule has 2 amide bonds. The highest BCUT2D eigenvalue weighted by atomic mass is 35.5. The van der Waals surface area contributed by atoms with Crippen molar-refractivity contribution in [2.75, 3.05) is 19.6 Å². The maximum Gasteiger partial charge on any atom is 0.249 e. The average molecular weight is 481 g/mol. The number of nitrogens with zero attached hydrogens (tertiary/aromatic N) is 4. The van der Waals surface area contributed by atoms with Crippen molar-refractivity contribution in [1.29, 1.82) is 0 Å². The second-order valence-corrected chi connectivity index (χ2v) is 8.98. The van der Waals surface area contributed by atoms with E-state index in [0.717, 1.165) is 36.8 Å². The quantitative estimate of drug-likeness (QED) is 0.457. The monoisotopic (exact) mass is 480 g/mol. The molecule has 0 radical (unpaired) electrons. The van der Waals surface area contributed by atoms with Crippen LogP contribution in [0, 0.1) is 0 Å². The van der Waals surface area contributed by atoms with Crippen molar-refractivity contribution in [1.82, 2.24) is 19.9 Å². The van der Waals surface area contributed by atoms with Crippen molar-refractivity contribution in [2.24, 2.45) is 0 Å². The first-order chi connectivity index (χ1) is 16.5. The fourth-order valence-corrected chi connectivity index (χ4v) is 4.40. The Hall–Kier alpha value is -3.19. The van der Waals surface area contributed by atoms with Crippen molar-refractivity contribution in [3.05, 3.63) is 71.1 Å². The SMILES string of the molecule is CCCN(CC(=O)N1CCCCC1c1nc(-c2ccc(Cl)cc2)no1)C(=O)Cc1ccccc1. The van der Waals surface area contributed by atoms with Gasteiger partial charge in [-0.25, -0.2) is 0 Å². The summed E-state index contributed by atoms with van der Waals surface area (Å²) < 4.78 is 5.58. The Balaban J connectivity index is 1.47. The number of carbonyl (C=O) groups is 2. The van der Waals surface area contributed by atoms with Gasteiger partial charge in [-0.15, -0.1) is 0 Å². The third kappa shape index (κ3) is 5.83. The molecule has 1 aliphatic rings. The number of aromatic nitrogens is 2. The number of piperidine rings is 1. The third-order valence-electron chi connectivity index (χ3n) is 6.02. The first-order valence-corrected chi connectivity index (χ1v) is 12.1. The van der Waals surface area contributed by atoms with Gasteiger partial charge in [0.05, 0.1) is 13.0 Å². The van der Waals surface area contributed by atoms with Gasteiger partial charge in [0.15, 0.2) is 0 Å². The molecule has 0 bridgehead atoms. The molecule has 8 heteroatoms. The summed E-state index contributed by atoms with van der Waals surface area (Å²) in [4.78, 5) is 34.4. The Bertz CT molecular complexity index is 1100. The standard InChI is InChI=1S/C26H29ClN4O3/c1-2-15-30(23(32)17-19-8-4-3-5-9-19)18-24(33)31-16-7-6-10-22(31)26-28-25(29-34-26)20-11-13-21(27)14-12-20/h3-5,8-9,11-14,22H,2,6-7,10,15-18H2,1H3. The number of likely N-dealkylation sites (tertiary alicyclic amines) is 1. The maximum atomic E-state index is 13.4. The Morgan fingerprint density at radius 1 is 1.12 bits per heavy atom. The molecule has 3 aromatic rings. The van der Waals surface area contributed by atoms with Crippen LogP contribution in [0.25, 0.3) is 11.4 Å². The summed E-state index contributed by atoms with van der Waals surface area (Å²) in [7, 11) is 0. The van der Waals surface area contributed by atoms with E-state index in [4.69, 9.17) is 16.1 Å². The van der Waals surface area contributed by atoms with Crippen LogP contribution in [0.4, 0.5) is 0 Å². The number of hydrogen-bond donors (Lipinski definition) is 0. The maximum absolute atomic E-state index is 13.4. The molecule has 1 unspecified atom stereocenters. The van der Waals surface area contributed by atoms with Gasteiger partial charge >= 0.3 is 0 Å². The Morgan fingerprint density at radius 2 is 1.88 bits per heavy atom. The third-order valence-corrected chi connectivity index (χ3v) is 6.27. The summed E-state index contributed by atoms with van der Waals surface area (Å²) in [5.41, 5.74) is 1.74. The zero-order chi connectivity index (χ0) is 23.9. The lowest BCUT2D eigenvalue weighted by Crippen LogP contribution is -2.46. The lowest BCUT2D eigenvalue weighted by Gasteiger charge is -2.35. The molecule has 1 atom stereocenters. The summed E-state index contributed by atoms with van der Waals surface area (Å²) in [5, 5.41) is 4.75. The molecule has 0 N–H and O–H groups in total. The molecular formula is C26H29ClN4O3. The number of benzene rings is 2. The van der Waals surface area contributed by atoms with Crippen LogP contribution in [0.2, 0.25) is 5.02 Å². The minimum absolute atomic E-state index is 0.0437. The second kappa shape index (κ2) is 11.3. The first-order valence-electron chi connectivity index (χ1n) is 11.8. The van der Waals surface area contributed by atoms with Crippen molar-refractivity contribution < 1.29 is 14.1 Å². The molecule has 0 saturated carbocycles. The van der Waals surface area contributed by atoms with E-state index in [9.17, 15) is 9.59 Å². The normalized spacial score (nSPS) is 15.8. The number of hydrogen-bond acceptors (Lipinski definition) is 5. The van der Waals surface area contributed by atoms with Crippen LogP contribution in [0.15, 0.2) is 59.1 Å². The Morgan fingerprint density at radius 3 is 2.62 bits per heavy atom. The second-order valence-electron chi connectivity index (χ2n) is 8.54. The summed E-state index contributed by atoms with van der Waals surface area (Å²) in [6.07, 6.45) is 3.70. The summed E-state index contributed by atoms with van der Waals surface area (Å²) in [6, 6.07) is 16.5. The predicted molar refractivity (Wildman–Crippen MR) is 130 cm³/mol. The fourth-order valence-electron chi connectivity index (χ4n) is 4.27. The molecule has 0 aliphatic carbocycles. The van der Waals surface area contributed by atoms with Gasteiger partial charge in [0.1, 0.15) is 6.04 Å². The van der Waals surface area contributed by atoms with Gasteiger partial charge in [-0.3, -0.25) is 9.59 Å². The molecular weight excluding hydrogens is 452 g/mol. The smallest absolute Gasteiger partial charge is 0.249 e. The number of halogens is 1. The molecule has 1 saturated heterocycles. The van der Waals surface area contributed by atoms with Crippen LogP contribution >= 0.6 is 11.6 Å². The predicted octanol–water partition coefficient (Wildman–Crippen LogP) is 4.92.